The Morgan fingerprint density at radius 1 is 1.24 bits per heavy atom. The van der Waals surface area contributed by atoms with E-state index in [0.29, 0.717) is 5.56 Å². The molecule has 2 aromatic rings. The second-order valence-electron chi connectivity index (χ2n) is 4.33. The Labute approximate surface area is 121 Å². The summed E-state index contributed by atoms with van der Waals surface area (Å²) < 4.78 is 37.4. The third-order valence-corrected chi connectivity index (χ3v) is 3.69. The van der Waals surface area contributed by atoms with Crippen LogP contribution in [0.1, 0.15) is 17.5 Å². The van der Waals surface area contributed by atoms with Gasteiger partial charge >= 0.3 is 12.1 Å². The summed E-state index contributed by atoms with van der Waals surface area (Å²) in [6.07, 6.45) is -4.61. The van der Waals surface area contributed by atoms with Crippen LogP contribution in [0.5, 0.6) is 0 Å². The lowest BCUT2D eigenvalue weighted by atomic mass is 9.92. The maximum atomic E-state index is 12.5. The van der Waals surface area contributed by atoms with E-state index in [-0.39, 0.29) is 16.5 Å². The number of rotatable bonds is 4. The molecule has 1 aromatic carbocycles. The first-order valence-corrected chi connectivity index (χ1v) is 6.53. The maximum absolute atomic E-state index is 12.5. The number of nitrogens with zero attached hydrogens (tertiary/aromatic N) is 2. The van der Waals surface area contributed by atoms with Crippen molar-refractivity contribution >= 4 is 22.4 Å². The van der Waals surface area contributed by atoms with Gasteiger partial charge in [-0.2, -0.15) is 13.2 Å². The molecular formula is C12H10F3N3O2S. The van der Waals surface area contributed by atoms with Gasteiger partial charge in [-0.15, -0.1) is 10.2 Å². The van der Waals surface area contributed by atoms with E-state index in [0.717, 1.165) is 0 Å². The van der Waals surface area contributed by atoms with Crippen LogP contribution in [0.3, 0.4) is 0 Å². The third-order valence-electron chi connectivity index (χ3n) is 2.80. The molecule has 21 heavy (non-hydrogen) atoms. The number of alkyl halides is 3. The molecule has 0 bridgehead atoms. The average molecular weight is 317 g/mol. The summed E-state index contributed by atoms with van der Waals surface area (Å²) >= 11 is 0.257. The van der Waals surface area contributed by atoms with E-state index in [4.69, 9.17) is 0 Å². The van der Waals surface area contributed by atoms with Crippen molar-refractivity contribution in [1.29, 1.82) is 0 Å². The Hall–Kier alpha value is -2.16. The molecule has 2 N–H and O–H groups in total. The van der Waals surface area contributed by atoms with Crippen LogP contribution in [-0.4, -0.2) is 21.3 Å². The van der Waals surface area contributed by atoms with E-state index < -0.39 is 22.7 Å². The first-order chi connectivity index (χ1) is 9.73. The van der Waals surface area contributed by atoms with E-state index in [1.807, 2.05) is 0 Å². The number of hydrogen-bond donors (Lipinski definition) is 2. The van der Waals surface area contributed by atoms with E-state index in [1.54, 1.807) is 30.3 Å². The molecule has 1 atom stereocenters. The molecule has 0 aliphatic heterocycles. The molecule has 2 rings (SSSR count). The number of halogens is 3. The Kier molecular flexibility index (Phi) is 3.86. The Bertz CT molecular complexity index is 645. The standard InChI is InChI=1S/C12H10F3N3O2S/c1-11(9(19)20,7-5-3-2-4-6-7)16-10-18-17-8(21-10)12(13,14)15/h2-6H,1H3,(H,16,18)(H,19,20). The molecule has 1 heterocycles. The van der Waals surface area contributed by atoms with Crippen LogP contribution in [0.2, 0.25) is 0 Å². The minimum absolute atomic E-state index is 0.212. The molecule has 0 spiro atoms. The molecule has 0 saturated heterocycles. The van der Waals surface area contributed by atoms with Crippen LogP contribution < -0.4 is 5.32 Å². The van der Waals surface area contributed by atoms with Crippen molar-refractivity contribution in [3.63, 3.8) is 0 Å². The highest BCUT2D eigenvalue weighted by molar-refractivity contribution is 7.15. The van der Waals surface area contributed by atoms with Gasteiger partial charge in [0.05, 0.1) is 0 Å². The number of carboxylic acids is 1. The lowest BCUT2D eigenvalue weighted by Gasteiger charge is -2.26. The predicted molar refractivity (Wildman–Crippen MR) is 70.0 cm³/mol. The molecule has 0 saturated carbocycles. The van der Waals surface area contributed by atoms with E-state index >= 15 is 0 Å². The smallest absolute Gasteiger partial charge is 0.445 e. The van der Waals surface area contributed by atoms with Crippen LogP contribution in [0.15, 0.2) is 30.3 Å². The van der Waals surface area contributed by atoms with Gasteiger partial charge in [-0.25, -0.2) is 4.79 Å². The zero-order chi connectivity index (χ0) is 15.7. The van der Waals surface area contributed by atoms with Crippen LogP contribution >= 0.6 is 11.3 Å². The molecule has 1 aromatic heterocycles. The average Bonchev–Trinajstić information content (AvgIpc) is 2.88. The normalized spacial score (nSPS) is 14.5. The summed E-state index contributed by atoms with van der Waals surface area (Å²) in [7, 11) is 0. The maximum Gasteiger partial charge on any atom is 0.445 e. The first-order valence-electron chi connectivity index (χ1n) is 5.71. The van der Waals surface area contributed by atoms with E-state index in [9.17, 15) is 23.1 Å². The number of benzene rings is 1. The number of carboxylic acid groups (broad SMARTS) is 1. The number of anilines is 1. The highest BCUT2D eigenvalue weighted by atomic mass is 32.1. The van der Waals surface area contributed by atoms with E-state index in [2.05, 4.69) is 15.5 Å². The summed E-state index contributed by atoms with van der Waals surface area (Å²) in [5, 5.41) is 16.9. The molecule has 0 fully saturated rings. The fourth-order valence-electron chi connectivity index (χ4n) is 1.62. The minimum atomic E-state index is -4.61. The van der Waals surface area contributed by atoms with Gasteiger partial charge in [-0.1, -0.05) is 41.7 Å². The molecule has 0 aliphatic rings. The third kappa shape index (κ3) is 3.13. The largest absolute Gasteiger partial charge is 0.479 e. The second kappa shape index (κ2) is 5.32. The topological polar surface area (TPSA) is 75.1 Å². The van der Waals surface area contributed by atoms with Gasteiger partial charge in [0.2, 0.25) is 10.1 Å². The Morgan fingerprint density at radius 2 is 1.86 bits per heavy atom. The van der Waals surface area contributed by atoms with Crippen molar-refractivity contribution in [2.45, 2.75) is 18.6 Å². The van der Waals surface area contributed by atoms with Gasteiger partial charge in [0, 0.05) is 0 Å². The van der Waals surface area contributed by atoms with Crippen molar-refractivity contribution in [3.05, 3.63) is 40.9 Å². The highest BCUT2D eigenvalue weighted by Gasteiger charge is 2.39. The van der Waals surface area contributed by atoms with Crippen LogP contribution in [-0.2, 0) is 16.5 Å². The summed E-state index contributed by atoms with van der Waals surface area (Å²) in [6, 6.07) is 8.11. The molecule has 0 amide bonds. The lowest BCUT2D eigenvalue weighted by Crippen LogP contribution is -2.40. The van der Waals surface area contributed by atoms with Crippen molar-refractivity contribution in [1.82, 2.24) is 10.2 Å². The first kappa shape index (κ1) is 15.2. The van der Waals surface area contributed by atoms with Crippen molar-refractivity contribution in [2.75, 3.05) is 5.32 Å². The van der Waals surface area contributed by atoms with E-state index in [1.165, 1.54) is 6.92 Å². The van der Waals surface area contributed by atoms with Gasteiger partial charge in [0.15, 0.2) is 5.54 Å². The number of aromatic nitrogens is 2. The quantitative estimate of drug-likeness (QED) is 0.907. The van der Waals surface area contributed by atoms with Crippen LogP contribution in [0, 0.1) is 0 Å². The number of hydrogen-bond acceptors (Lipinski definition) is 5. The molecular weight excluding hydrogens is 307 g/mol. The summed E-state index contributed by atoms with van der Waals surface area (Å²) in [5.74, 6) is -1.24. The summed E-state index contributed by atoms with van der Waals surface area (Å²) in [6.45, 7) is 1.35. The van der Waals surface area contributed by atoms with Gasteiger partial charge in [-0.3, -0.25) is 0 Å². The molecule has 0 aliphatic carbocycles. The fourth-order valence-corrected chi connectivity index (χ4v) is 2.34. The van der Waals surface area contributed by atoms with Crippen molar-refractivity contribution in [2.24, 2.45) is 0 Å². The van der Waals surface area contributed by atoms with Crippen molar-refractivity contribution in [3.8, 4) is 0 Å². The number of carbonyl (C=O) groups is 1. The number of nitrogens with one attached hydrogen (secondary N) is 1. The van der Waals surface area contributed by atoms with Gasteiger partial charge in [0.25, 0.3) is 0 Å². The molecule has 1 unspecified atom stereocenters. The number of aliphatic carboxylic acids is 1. The summed E-state index contributed by atoms with van der Waals surface area (Å²) in [5.41, 5.74) is -1.22. The molecule has 5 nitrogen and oxygen atoms in total. The van der Waals surface area contributed by atoms with Crippen LogP contribution in [0.25, 0.3) is 0 Å². The Balaban J connectivity index is 2.34. The minimum Gasteiger partial charge on any atom is -0.479 e. The van der Waals surface area contributed by atoms with Crippen LogP contribution in [0.4, 0.5) is 18.3 Å². The SMILES string of the molecule is CC(Nc1nnc(C(F)(F)F)s1)(C(=O)O)c1ccccc1. The van der Waals surface area contributed by atoms with Crippen molar-refractivity contribution < 1.29 is 23.1 Å². The monoisotopic (exact) mass is 317 g/mol. The van der Waals surface area contributed by atoms with Gasteiger partial charge < -0.3 is 10.4 Å². The van der Waals surface area contributed by atoms with Gasteiger partial charge in [0.1, 0.15) is 0 Å². The second-order valence-corrected chi connectivity index (χ2v) is 5.31. The summed E-state index contributed by atoms with van der Waals surface area (Å²) in [4.78, 5) is 11.5. The Morgan fingerprint density at radius 3 is 2.33 bits per heavy atom. The molecule has 9 heteroatoms. The zero-order valence-electron chi connectivity index (χ0n) is 10.7. The highest BCUT2D eigenvalue weighted by Crippen LogP contribution is 2.35. The molecule has 112 valence electrons. The molecule has 0 radical (unpaired) electrons. The lowest BCUT2D eigenvalue weighted by molar-refractivity contribution is -0.142. The zero-order valence-corrected chi connectivity index (χ0v) is 11.5. The van der Waals surface area contributed by atoms with Gasteiger partial charge in [-0.05, 0) is 12.5 Å². The predicted octanol–water partition coefficient (Wildman–Crippen LogP) is 2.97. The fraction of sp³-hybridized carbons (Fsp3) is 0.250.